The molecule has 8 nitrogen and oxygen atoms in total. The molecule has 1 aromatic rings. The van der Waals surface area contributed by atoms with Crippen molar-refractivity contribution in [3.63, 3.8) is 0 Å². The van der Waals surface area contributed by atoms with Crippen LogP contribution in [0.2, 0.25) is 0 Å². The number of likely N-dealkylation sites (N-methyl/N-ethyl adjacent to an activating group) is 1. The third kappa shape index (κ3) is 7.70. The quantitative estimate of drug-likeness (QED) is 0.495. The number of morpholine rings is 1. The predicted molar refractivity (Wildman–Crippen MR) is 126 cm³/mol. The number of aryl methyl sites for hydroxylation is 1. The number of anilines is 1. The number of aliphatic imine (C=N–C) groups is 1. The summed E-state index contributed by atoms with van der Waals surface area (Å²) in [6.07, 6.45) is 2.22. The molecular formula is C23H38N6O2. The van der Waals surface area contributed by atoms with Gasteiger partial charge in [-0.3, -0.25) is 9.69 Å². The van der Waals surface area contributed by atoms with Crippen molar-refractivity contribution in [2.45, 2.75) is 25.8 Å². The van der Waals surface area contributed by atoms with E-state index in [0.29, 0.717) is 6.04 Å². The molecule has 172 valence electrons. The number of carbonyl (C=O) groups is 1. The third-order valence-electron chi connectivity index (χ3n) is 5.86. The molecule has 1 unspecified atom stereocenters. The molecule has 0 aromatic heterocycles. The predicted octanol–water partition coefficient (Wildman–Crippen LogP) is 0.919. The van der Waals surface area contributed by atoms with Gasteiger partial charge in [0.25, 0.3) is 0 Å². The van der Waals surface area contributed by atoms with Crippen LogP contribution in [0.3, 0.4) is 0 Å². The number of rotatable bonds is 7. The lowest BCUT2D eigenvalue weighted by Gasteiger charge is -2.35. The molecule has 0 aliphatic carbocycles. The van der Waals surface area contributed by atoms with Crippen molar-refractivity contribution < 1.29 is 9.53 Å². The third-order valence-corrected chi connectivity index (χ3v) is 5.86. The van der Waals surface area contributed by atoms with Crippen molar-refractivity contribution in [1.29, 1.82) is 0 Å². The van der Waals surface area contributed by atoms with E-state index in [2.05, 4.69) is 56.6 Å². The number of carbonyl (C=O) groups excluding carboxylic acids is 1. The Hall–Kier alpha value is -2.32. The highest BCUT2D eigenvalue weighted by molar-refractivity contribution is 5.85. The van der Waals surface area contributed by atoms with Gasteiger partial charge in [0.1, 0.15) is 6.54 Å². The van der Waals surface area contributed by atoms with Crippen molar-refractivity contribution in [2.75, 3.05) is 78.0 Å². The van der Waals surface area contributed by atoms with Crippen molar-refractivity contribution in [3.8, 4) is 0 Å². The molecule has 2 N–H and O–H groups in total. The van der Waals surface area contributed by atoms with Crippen LogP contribution in [0.5, 0.6) is 0 Å². The lowest BCUT2D eigenvalue weighted by Crippen LogP contribution is -2.52. The first-order chi connectivity index (χ1) is 15.0. The number of amides is 1. The van der Waals surface area contributed by atoms with Crippen molar-refractivity contribution in [3.05, 3.63) is 29.8 Å². The van der Waals surface area contributed by atoms with Gasteiger partial charge in [0.15, 0.2) is 5.96 Å². The summed E-state index contributed by atoms with van der Waals surface area (Å²) in [6, 6.07) is 9.02. The second-order valence-electron chi connectivity index (χ2n) is 8.60. The Bertz CT molecular complexity index is 715. The molecule has 1 atom stereocenters. The molecule has 2 heterocycles. The summed E-state index contributed by atoms with van der Waals surface area (Å²) >= 11 is 0. The molecule has 0 bridgehead atoms. The normalized spacial score (nSPS) is 20.4. The Morgan fingerprint density at radius 2 is 1.94 bits per heavy atom. The number of nitrogens with zero attached hydrogens (tertiary/aromatic N) is 4. The smallest absolute Gasteiger partial charge is 0.243 e. The van der Waals surface area contributed by atoms with Crippen LogP contribution in [0.25, 0.3) is 0 Å². The van der Waals surface area contributed by atoms with E-state index in [1.54, 1.807) is 19.0 Å². The van der Waals surface area contributed by atoms with Gasteiger partial charge in [-0.1, -0.05) is 17.7 Å². The largest absolute Gasteiger partial charge is 0.379 e. The molecule has 1 amide bonds. The standard InChI is InChI=1S/C23H38N6O2/c1-19-6-8-21(9-7-19)29-11-4-5-20(18-29)26-23(25-17-22(30)27(2)3)24-10-12-28-13-15-31-16-14-28/h6-9,20H,4-5,10-18H2,1-3H3,(H2,24,25,26). The first-order valence-corrected chi connectivity index (χ1v) is 11.4. The summed E-state index contributed by atoms with van der Waals surface area (Å²) in [4.78, 5) is 23.0. The Morgan fingerprint density at radius 1 is 1.19 bits per heavy atom. The van der Waals surface area contributed by atoms with Crippen LogP contribution in [0.15, 0.2) is 29.3 Å². The van der Waals surface area contributed by atoms with Gasteiger partial charge in [0.2, 0.25) is 5.91 Å². The highest BCUT2D eigenvalue weighted by Gasteiger charge is 2.21. The molecule has 3 rings (SSSR count). The summed E-state index contributed by atoms with van der Waals surface area (Å²) in [5, 5.41) is 7.02. The molecule has 2 fully saturated rings. The van der Waals surface area contributed by atoms with E-state index < -0.39 is 0 Å². The van der Waals surface area contributed by atoms with E-state index in [-0.39, 0.29) is 12.5 Å². The fraction of sp³-hybridized carbons (Fsp3) is 0.652. The maximum Gasteiger partial charge on any atom is 0.243 e. The molecule has 2 aliphatic heterocycles. The van der Waals surface area contributed by atoms with E-state index in [0.717, 1.165) is 71.3 Å². The van der Waals surface area contributed by atoms with E-state index in [9.17, 15) is 4.79 Å². The summed E-state index contributed by atoms with van der Waals surface area (Å²) in [6.45, 7) is 9.51. The van der Waals surface area contributed by atoms with E-state index in [1.165, 1.54) is 11.3 Å². The second-order valence-corrected chi connectivity index (χ2v) is 8.60. The number of piperidine rings is 1. The first kappa shape index (κ1) is 23.3. The molecule has 2 aliphatic rings. The molecule has 2 saturated heterocycles. The fourth-order valence-corrected chi connectivity index (χ4v) is 3.88. The van der Waals surface area contributed by atoms with E-state index in [1.807, 2.05) is 0 Å². The van der Waals surface area contributed by atoms with Gasteiger partial charge in [-0.2, -0.15) is 0 Å². The minimum absolute atomic E-state index is 0.000736. The van der Waals surface area contributed by atoms with Gasteiger partial charge in [0, 0.05) is 65.1 Å². The zero-order valence-electron chi connectivity index (χ0n) is 19.3. The monoisotopic (exact) mass is 430 g/mol. The molecular weight excluding hydrogens is 392 g/mol. The van der Waals surface area contributed by atoms with Crippen LogP contribution in [0.1, 0.15) is 18.4 Å². The zero-order valence-corrected chi connectivity index (χ0v) is 19.3. The minimum atomic E-state index is -0.000736. The van der Waals surface area contributed by atoms with Crippen molar-refractivity contribution in [2.24, 2.45) is 4.99 Å². The van der Waals surface area contributed by atoms with Gasteiger partial charge in [-0.15, -0.1) is 0 Å². The molecule has 0 saturated carbocycles. The number of guanidine groups is 1. The van der Waals surface area contributed by atoms with E-state index in [4.69, 9.17) is 4.74 Å². The van der Waals surface area contributed by atoms with Gasteiger partial charge < -0.3 is 25.2 Å². The Labute approximate surface area is 186 Å². The van der Waals surface area contributed by atoms with Crippen LogP contribution < -0.4 is 15.5 Å². The summed E-state index contributed by atoms with van der Waals surface area (Å²) < 4.78 is 5.42. The minimum Gasteiger partial charge on any atom is -0.379 e. The topological polar surface area (TPSA) is 72.4 Å². The Balaban J connectivity index is 1.57. The average molecular weight is 431 g/mol. The number of hydrogen-bond donors (Lipinski definition) is 2. The number of nitrogens with one attached hydrogen (secondary N) is 2. The van der Waals surface area contributed by atoms with Crippen molar-refractivity contribution >= 4 is 17.6 Å². The van der Waals surface area contributed by atoms with Gasteiger partial charge in [-0.05, 0) is 31.9 Å². The van der Waals surface area contributed by atoms with Crippen LogP contribution in [-0.4, -0.2) is 101 Å². The van der Waals surface area contributed by atoms with Gasteiger partial charge in [0.05, 0.1) is 13.2 Å². The molecule has 31 heavy (non-hydrogen) atoms. The summed E-state index contributed by atoms with van der Waals surface area (Å²) in [5.74, 6) is 0.721. The van der Waals surface area contributed by atoms with Crippen LogP contribution >= 0.6 is 0 Å². The highest BCUT2D eigenvalue weighted by atomic mass is 16.5. The molecule has 1 aromatic carbocycles. The highest BCUT2D eigenvalue weighted by Crippen LogP contribution is 2.20. The average Bonchev–Trinajstić information content (AvgIpc) is 2.78. The fourth-order valence-electron chi connectivity index (χ4n) is 3.88. The molecule has 8 heteroatoms. The summed E-state index contributed by atoms with van der Waals surface area (Å²) in [5.41, 5.74) is 2.54. The molecule has 0 spiro atoms. The van der Waals surface area contributed by atoms with Crippen LogP contribution in [0.4, 0.5) is 5.69 Å². The van der Waals surface area contributed by atoms with Gasteiger partial charge in [-0.25, -0.2) is 4.99 Å². The SMILES string of the molecule is Cc1ccc(N2CCCC(NC(=NCC(=O)N(C)C)NCCN3CCOCC3)C2)cc1. The van der Waals surface area contributed by atoms with Crippen LogP contribution in [0, 0.1) is 6.92 Å². The zero-order chi connectivity index (χ0) is 22.1. The number of ether oxygens (including phenoxy) is 1. The lowest BCUT2D eigenvalue weighted by atomic mass is 10.0. The first-order valence-electron chi connectivity index (χ1n) is 11.4. The maximum atomic E-state index is 12.1. The second kappa shape index (κ2) is 11.9. The van der Waals surface area contributed by atoms with Gasteiger partial charge >= 0.3 is 0 Å². The Morgan fingerprint density at radius 3 is 2.65 bits per heavy atom. The summed E-state index contributed by atoms with van der Waals surface area (Å²) in [7, 11) is 3.52. The van der Waals surface area contributed by atoms with Crippen molar-refractivity contribution in [1.82, 2.24) is 20.4 Å². The van der Waals surface area contributed by atoms with Crippen LogP contribution in [-0.2, 0) is 9.53 Å². The number of benzene rings is 1. The molecule has 0 radical (unpaired) electrons. The lowest BCUT2D eigenvalue weighted by molar-refractivity contribution is -0.127. The number of hydrogen-bond acceptors (Lipinski definition) is 5. The van der Waals surface area contributed by atoms with E-state index >= 15 is 0 Å². The maximum absolute atomic E-state index is 12.1. The Kier molecular flexibility index (Phi) is 8.97.